The third-order valence-corrected chi connectivity index (χ3v) is 13.5. The van der Waals surface area contributed by atoms with Crippen LogP contribution in [-0.2, 0) is 43.2 Å². The molecule has 1 unspecified atom stereocenters. The fourth-order valence-electron chi connectivity index (χ4n) is 9.71. The number of carbonyl (C=O) groups is 4. The molecule has 16 heteroatoms. The van der Waals surface area contributed by atoms with Crippen molar-refractivity contribution in [2.24, 2.45) is 23.7 Å². The van der Waals surface area contributed by atoms with Gasteiger partial charge in [-0.2, -0.15) is 0 Å². The topological polar surface area (TPSA) is 193 Å². The molecule has 9 rings (SSSR count). The number of likely N-dealkylation sites (tertiary alicyclic amines) is 1. The van der Waals surface area contributed by atoms with Gasteiger partial charge in [0.1, 0.15) is 36.1 Å². The first-order valence-electron chi connectivity index (χ1n) is 23.0. The lowest BCUT2D eigenvalue weighted by Crippen LogP contribution is -2.52. The minimum absolute atomic E-state index is 0.104. The molecule has 2 aromatic carbocycles. The molecule has 16 nitrogen and oxygen atoms in total. The van der Waals surface area contributed by atoms with Crippen molar-refractivity contribution in [3.63, 3.8) is 0 Å². The Morgan fingerprint density at radius 3 is 2.32 bits per heavy atom. The van der Waals surface area contributed by atoms with Crippen molar-refractivity contribution in [1.82, 2.24) is 40.4 Å². The van der Waals surface area contributed by atoms with E-state index in [1.54, 1.807) is 11.1 Å². The average Bonchev–Trinajstić information content (AvgIpc) is 4.08. The zero-order valence-corrected chi connectivity index (χ0v) is 38.4. The van der Waals surface area contributed by atoms with E-state index in [0.717, 1.165) is 75.7 Å². The summed E-state index contributed by atoms with van der Waals surface area (Å²) in [6.07, 6.45) is 8.55. The molecule has 5 aliphatic rings. The molecule has 0 spiro atoms. The minimum atomic E-state index is -0.776. The van der Waals surface area contributed by atoms with Gasteiger partial charge in [0.2, 0.25) is 11.8 Å². The summed E-state index contributed by atoms with van der Waals surface area (Å²) in [5.74, 6) is 8.20. The van der Waals surface area contributed by atoms with E-state index in [1.807, 2.05) is 32.6 Å². The monoisotopic (exact) mass is 898 g/mol. The first-order chi connectivity index (χ1) is 31.9. The van der Waals surface area contributed by atoms with Crippen molar-refractivity contribution in [1.29, 1.82) is 0 Å². The number of hydrogen-bond acceptors (Lipinski definition) is 10. The molecule has 3 aliphatic heterocycles. The molecule has 6 atom stereocenters. The molecule has 346 valence electrons. The van der Waals surface area contributed by atoms with E-state index in [2.05, 4.69) is 79.9 Å². The van der Waals surface area contributed by atoms with Crippen LogP contribution in [0, 0.1) is 35.5 Å². The molecule has 5 heterocycles. The standard InChI is InChI=1S/C50H58N8O8/c1-27(2)42(55-49(61)63-5)47(59)57-17-8-7-12-39(57)45-51-22-38(53-45)32-13-15-34-33(19-32)26-66-41-21-35-31(20-36(34)41)14-16-37-44(35)54-46(52-37)40-18-30(25-65-24-29-10-9-11-29)23-58(40)48(60)43(28(3)4)56-50(62)64-6/h9-10,13,15,19-22,27-30,39-40,42-43H,8,11,14,16-18,23-26H2,1-6H3,(H,51,53)(H,52,54)(H,55,61)(H,56,62)/t29?,30-,39+,40+,42+,43+/m1/s1. The number of nitrogens with one attached hydrogen (secondary N) is 4. The Morgan fingerprint density at radius 1 is 0.879 bits per heavy atom. The second kappa shape index (κ2) is 18.7. The number of aromatic amines is 2. The highest BCUT2D eigenvalue weighted by Crippen LogP contribution is 2.46. The molecule has 1 saturated heterocycles. The third kappa shape index (κ3) is 8.76. The highest BCUT2D eigenvalue weighted by molar-refractivity contribution is 5.88. The summed E-state index contributed by atoms with van der Waals surface area (Å²) in [7, 11) is 2.58. The molecule has 2 aromatic heterocycles. The number of rotatable bonds is 13. The van der Waals surface area contributed by atoms with E-state index >= 15 is 0 Å². The van der Waals surface area contributed by atoms with Crippen LogP contribution < -0.4 is 15.4 Å². The summed E-state index contributed by atoms with van der Waals surface area (Å²) in [4.78, 5) is 73.0. The first-order valence-corrected chi connectivity index (χ1v) is 23.0. The number of aromatic nitrogens is 4. The lowest BCUT2D eigenvalue weighted by Gasteiger charge is -2.33. The van der Waals surface area contributed by atoms with E-state index in [0.29, 0.717) is 57.5 Å². The van der Waals surface area contributed by atoms with E-state index in [1.165, 1.54) is 19.8 Å². The van der Waals surface area contributed by atoms with Gasteiger partial charge in [-0.25, -0.2) is 19.6 Å². The van der Waals surface area contributed by atoms with Gasteiger partial charge in [0.15, 0.2) is 6.04 Å². The largest absolute Gasteiger partial charge is 0.488 e. The minimum Gasteiger partial charge on any atom is -0.488 e. The quantitative estimate of drug-likeness (QED) is 0.0835. The summed E-state index contributed by atoms with van der Waals surface area (Å²) in [5.41, 5.74) is 8.97. The van der Waals surface area contributed by atoms with Crippen LogP contribution in [0.25, 0.3) is 33.6 Å². The maximum absolute atomic E-state index is 14.3. The lowest BCUT2D eigenvalue weighted by molar-refractivity contribution is -0.136. The van der Waals surface area contributed by atoms with Gasteiger partial charge in [0.25, 0.3) is 0 Å². The maximum Gasteiger partial charge on any atom is 0.407 e. The average molecular weight is 899 g/mol. The van der Waals surface area contributed by atoms with Gasteiger partial charge in [-0.1, -0.05) is 63.8 Å². The number of benzene rings is 2. The Bertz CT molecular complexity index is 2620. The van der Waals surface area contributed by atoms with E-state index in [4.69, 9.17) is 23.9 Å². The number of allylic oxidation sites excluding steroid dienone is 1. The highest BCUT2D eigenvalue weighted by atomic mass is 16.5. The molecule has 66 heavy (non-hydrogen) atoms. The molecule has 0 bridgehead atoms. The first kappa shape index (κ1) is 44.6. The molecule has 4 amide bonds. The van der Waals surface area contributed by atoms with Crippen molar-refractivity contribution in [2.75, 3.05) is 40.5 Å². The summed E-state index contributed by atoms with van der Waals surface area (Å²) >= 11 is 0. The van der Waals surface area contributed by atoms with Gasteiger partial charge in [0, 0.05) is 42.5 Å². The number of nitrogens with zero attached hydrogens (tertiary/aromatic N) is 4. The smallest absolute Gasteiger partial charge is 0.407 e. The zero-order chi connectivity index (χ0) is 46.2. The fourth-order valence-corrected chi connectivity index (χ4v) is 9.71. The van der Waals surface area contributed by atoms with Gasteiger partial charge in [-0.3, -0.25) is 9.59 Å². The van der Waals surface area contributed by atoms with Gasteiger partial charge in [-0.15, -0.1) is 0 Å². The zero-order valence-electron chi connectivity index (χ0n) is 38.4. The SMILES string of the molecule is COC(=O)N[C@H](C(=O)N1CCC#C[C@H]1c1ncc(-c2ccc3c(c2)COc2cc4c(cc2-3)CCc2nc([C@@H]3C[C@@H](COCC5C=CC5)CN3C(=O)[C@@H](NC(=O)OC)C(C)C)[nH]c2-4)[nH]1)C(C)C. The van der Waals surface area contributed by atoms with Gasteiger partial charge in [-0.05, 0) is 78.0 Å². The summed E-state index contributed by atoms with van der Waals surface area (Å²) in [6, 6.07) is 8.19. The normalized spacial score (nSPS) is 21.0. The van der Waals surface area contributed by atoms with Crippen LogP contribution in [0.15, 0.2) is 48.7 Å². The van der Waals surface area contributed by atoms with E-state index < -0.39 is 30.3 Å². The molecule has 1 fully saturated rings. The number of carbonyl (C=O) groups excluding carboxylic acids is 4. The predicted octanol–water partition coefficient (Wildman–Crippen LogP) is 6.65. The lowest BCUT2D eigenvalue weighted by atomic mass is 9.86. The summed E-state index contributed by atoms with van der Waals surface area (Å²) in [5, 5.41) is 5.46. The number of H-pyrrole nitrogens is 2. The number of fused-ring (bicyclic) bond motifs is 6. The number of hydrogen-bond donors (Lipinski definition) is 4. The van der Waals surface area contributed by atoms with Crippen LogP contribution in [0.3, 0.4) is 0 Å². The van der Waals surface area contributed by atoms with Crippen molar-refractivity contribution in [2.45, 2.75) is 90.6 Å². The Hall–Kier alpha value is -6.60. The Kier molecular flexibility index (Phi) is 12.6. The number of aryl methyl sites for hydroxylation is 2. The molecule has 4 aromatic rings. The second-order valence-corrected chi connectivity index (χ2v) is 18.6. The van der Waals surface area contributed by atoms with Gasteiger partial charge >= 0.3 is 12.2 Å². The van der Waals surface area contributed by atoms with Crippen LogP contribution in [-0.4, -0.2) is 106 Å². The summed E-state index contributed by atoms with van der Waals surface area (Å²) in [6.45, 7) is 10.1. The van der Waals surface area contributed by atoms with Crippen LogP contribution in [0.1, 0.15) is 87.5 Å². The van der Waals surface area contributed by atoms with E-state index in [9.17, 15) is 19.2 Å². The number of ether oxygens (including phenoxy) is 4. The molecule has 4 N–H and O–H groups in total. The van der Waals surface area contributed by atoms with Crippen LogP contribution in [0.4, 0.5) is 9.59 Å². The Labute approximate surface area is 384 Å². The molecule has 0 radical (unpaired) electrons. The van der Waals surface area contributed by atoms with Crippen molar-refractivity contribution < 1.29 is 38.1 Å². The predicted molar refractivity (Wildman–Crippen MR) is 245 cm³/mol. The Morgan fingerprint density at radius 2 is 1.62 bits per heavy atom. The molecular weight excluding hydrogens is 841 g/mol. The number of methoxy groups -OCH3 is 2. The molecule has 0 saturated carbocycles. The highest BCUT2D eigenvalue weighted by Gasteiger charge is 2.43. The van der Waals surface area contributed by atoms with Gasteiger partial charge < -0.3 is 49.3 Å². The van der Waals surface area contributed by atoms with Gasteiger partial charge in [0.05, 0.1) is 56.8 Å². The Balaban J connectivity index is 0.947. The fraction of sp³-hybridized carbons (Fsp3) is 0.480. The summed E-state index contributed by atoms with van der Waals surface area (Å²) < 4.78 is 22.3. The third-order valence-electron chi connectivity index (χ3n) is 13.5. The molecular formula is C50H58N8O8. The van der Waals surface area contributed by atoms with E-state index in [-0.39, 0.29) is 35.6 Å². The van der Waals surface area contributed by atoms with Crippen molar-refractivity contribution in [3.05, 3.63) is 77.2 Å². The van der Waals surface area contributed by atoms with Crippen LogP contribution in [0.5, 0.6) is 5.75 Å². The van der Waals surface area contributed by atoms with Crippen molar-refractivity contribution >= 4 is 24.0 Å². The number of imidazole rings is 2. The second-order valence-electron chi connectivity index (χ2n) is 18.6. The van der Waals surface area contributed by atoms with Crippen molar-refractivity contribution in [3.8, 4) is 51.2 Å². The van der Waals surface area contributed by atoms with Crippen LogP contribution in [0.2, 0.25) is 0 Å². The number of amides is 4. The van der Waals surface area contributed by atoms with Crippen LogP contribution >= 0.6 is 0 Å². The maximum atomic E-state index is 14.3. The number of alkyl carbamates (subject to hydrolysis) is 2. The molecule has 2 aliphatic carbocycles.